The van der Waals surface area contributed by atoms with Crippen LogP contribution in [0.5, 0.6) is 11.5 Å². The third-order valence-corrected chi connectivity index (χ3v) is 3.17. The quantitative estimate of drug-likeness (QED) is 0.863. The van der Waals surface area contributed by atoms with Crippen LogP contribution >= 0.6 is 0 Å². The predicted molar refractivity (Wildman–Crippen MR) is 82.2 cm³/mol. The molecule has 7 heteroatoms. The van der Waals surface area contributed by atoms with Crippen molar-refractivity contribution in [2.24, 2.45) is 5.73 Å². The SMILES string of the molecule is COc1ccc(CN(C)c2cncc(C(N)=O)n2)c(OC)c1. The number of carbonyl (C=O) groups excluding carboxylic acids is 1. The molecule has 1 aromatic carbocycles. The van der Waals surface area contributed by atoms with Gasteiger partial charge < -0.3 is 20.1 Å². The van der Waals surface area contributed by atoms with Crippen LogP contribution in [-0.4, -0.2) is 37.1 Å². The molecule has 0 saturated carbocycles. The number of hydrogen-bond donors (Lipinski definition) is 1. The Morgan fingerprint density at radius 3 is 2.68 bits per heavy atom. The molecule has 0 saturated heterocycles. The number of rotatable bonds is 6. The van der Waals surface area contributed by atoms with Gasteiger partial charge in [-0.2, -0.15) is 0 Å². The number of nitrogens with zero attached hydrogens (tertiary/aromatic N) is 3. The van der Waals surface area contributed by atoms with Crippen molar-refractivity contribution in [3.8, 4) is 11.5 Å². The Balaban J connectivity index is 2.23. The summed E-state index contributed by atoms with van der Waals surface area (Å²) in [6.45, 7) is 0.532. The van der Waals surface area contributed by atoms with E-state index in [-0.39, 0.29) is 5.69 Å². The molecule has 0 aliphatic rings. The van der Waals surface area contributed by atoms with E-state index in [1.807, 2.05) is 30.1 Å². The number of methoxy groups -OCH3 is 2. The van der Waals surface area contributed by atoms with Gasteiger partial charge in [0.25, 0.3) is 5.91 Å². The van der Waals surface area contributed by atoms with Crippen LogP contribution in [0.25, 0.3) is 0 Å². The van der Waals surface area contributed by atoms with E-state index in [4.69, 9.17) is 15.2 Å². The fraction of sp³-hybridized carbons (Fsp3) is 0.267. The molecule has 0 radical (unpaired) electrons. The zero-order valence-corrected chi connectivity index (χ0v) is 12.7. The maximum atomic E-state index is 11.2. The van der Waals surface area contributed by atoms with Gasteiger partial charge in [-0.1, -0.05) is 0 Å². The van der Waals surface area contributed by atoms with Crippen LogP contribution in [0.4, 0.5) is 5.82 Å². The molecule has 1 aromatic heterocycles. The van der Waals surface area contributed by atoms with E-state index in [0.717, 1.165) is 11.3 Å². The molecule has 0 fully saturated rings. The van der Waals surface area contributed by atoms with Crippen molar-refractivity contribution in [3.63, 3.8) is 0 Å². The van der Waals surface area contributed by atoms with Gasteiger partial charge in [-0.25, -0.2) is 4.98 Å². The number of hydrogen-bond acceptors (Lipinski definition) is 6. The molecule has 1 amide bonds. The number of anilines is 1. The summed E-state index contributed by atoms with van der Waals surface area (Å²) in [6.07, 6.45) is 2.91. The zero-order valence-electron chi connectivity index (χ0n) is 12.7. The summed E-state index contributed by atoms with van der Waals surface area (Å²) < 4.78 is 10.5. The van der Waals surface area contributed by atoms with Crippen molar-refractivity contribution in [1.82, 2.24) is 9.97 Å². The molecule has 2 N–H and O–H groups in total. The number of nitrogens with two attached hydrogens (primary N) is 1. The van der Waals surface area contributed by atoms with Crippen LogP contribution in [0, 0.1) is 0 Å². The molecule has 7 nitrogen and oxygen atoms in total. The monoisotopic (exact) mass is 302 g/mol. The Morgan fingerprint density at radius 2 is 2.05 bits per heavy atom. The summed E-state index contributed by atoms with van der Waals surface area (Å²) in [5, 5.41) is 0. The van der Waals surface area contributed by atoms with E-state index in [9.17, 15) is 4.79 Å². The second-order valence-electron chi connectivity index (χ2n) is 4.66. The van der Waals surface area contributed by atoms with Gasteiger partial charge in [-0.05, 0) is 12.1 Å². The first-order chi connectivity index (χ1) is 10.5. The highest BCUT2D eigenvalue weighted by Gasteiger charge is 2.11. The first-order valence-electron chi connectivity index (χ1n) is 6.59. The minimum Gasteiger partial charge on any atom is -0.497 e. The van der Waals surface area contributed by atoms with E-state index in [0.29, 0.717) is 18.1 Å². The van der Waals surface area contributed by atoms with Crippen molar-refractivity contribution in [2.45, 2.75) is 6.54 Å². The number of carbonyl (C=O) groups is 1. The fourth-order valence-corrected chi connectivity index (χ4v) is 1.98. The minimum atomic E-state index is -0.607. The molecule has 0 aliphatic carbocycles. The van der Waals surface area contributed by atoms with Gasteiger partial charge in [0, 0.05) is 25.2 Å². The van der Waals surface area contributed by atoms with E-state index in [1.54, 1.807) is 20.4 Å². The van der Waals surface area contributed by atoms with Gasteiger partial charge in [0.15, 0.2) is 0 Å². The lowest BCUT2D eigenvalue weighted by molar-refractivity contribution is 0.0995. The summed E-state index contributed by atoms with van der Waals surface area (Å²) in [6, 6.07) is 5.59. The van der Waals surface area contributed by atoms with Crippen LogP contribution < -0.4 is 20.1 Å². The Bertz CT molecular complexity index is 676. The first kappa shape index (κ1) is 15.6. The zero-order chi connectivity index (χ0) is 16.1. The summed E-state index contributed by atoms with van der Waals surface area (Å²) >= 11 is 0. The van der Waals surface area contributed by atoms with Crippen molar-refractivity contribution < 1.29 is 14.3 Å². The summed E-state index contributed by atoms with van der Waals surface area (Å²) in [5.74, 6) is 1.38. The lowest BCUT2D eigenvalue weighted by atomic mass is 10.2. The molecule has 22 heavy (non-hydrogen) atoms. The highest BCUT2D eigenvalue weighted by Crippen LogP contribution is 2.26. The molecule has 2 rings (SSSR count). The van der Waals surface area contributed by atoms with Gasteiger partial charge in [-0.15, -0.1) is 0 Å². The van der Waals surface area contributed by atoms with E-state index < -0.39 is 5.91 Å². The smallest absolute Gasteiger partial charge is 0.268 e. The van der Waals surface area contributed by atoms with Crippen LogP contribution in [0.3, 0.4) is 0 Å². The lowest BCUT2D eigenvalue weighted by Gasteiger charge is -2.20. The number of ether oxygens (including phenoxy) is 2. The molecule has 0 bridgehead atoms. The average Bonchev–Trinajstić information content (AvgIpc) is 2.55. The third kappa shape index (κ3) is 3.43. The third-order valence-electron chi connectivity index (χ3n) is 3.17. The van der Waals surface area contributed by atoms with Gasteiger partial charge in [0.2, 0.25) is 0 Å². The molecule has 0 unspecified atom stereocenters. The van der Waals surface area contributed by atoms with Crippen LogP contribution in [0.1, 0.15) is 16.1 Å². The average molecular weight is 302 g/mol. The second-order valence-corrected chi connectivity index (χ2v) is 4.66. The van der Waals surface area contributed by atoms with Crippen molar-refractivity contribution in [3.05, 3.63) is 41.9 Å². The van der Waals surface area contributed by atoms with Crippen molar-refractivity contribution in [2.75, 3.05) is 26.2 Å². The standard InChI is InChI=1S/C15H18N4O3/c1-19(14-8-17-7-12(18-14)15(16)20)9-10-4-5-11(21-2)6-13(10)22-3/h4-8H,9H2,1-3H3,(H2,16,20). The number of aromatic nitrogens is 2. The highest BCUT2D eigenvalue weighted by atomic mass is 16.5. The van der Waals surface area contributed by atoms with Crippen LogP contribution in [-0.2, 0) is 6.54 Å². The van der Waals surface area contributed by atoms with Crippen LogP contribution in [0.2, 0.25) is 0 Å². The van der Waals surface area contributed by atoms with E-state index >= 15 is 0 Å². The maximum Gasteiger partial charge on any atom is 0.268 e. The van der Waals surface area contributed by atoms with E-state index in [1.165, 1.54) is 6.20 Å². The molecular weight excluding hydrogens is 284 g/mol. The van der Waals surface area contributed by atoms with Crippen molar-refractivity contribution >= 4 is 11.7 Å². The summed E-state index contributed by atoms with van der Waals surface area (Å²) in [5.41, 5.74) is 6.31. The molecular formula is C15H18N4O3. The van der Waals surface area contributed by atoms with E-state index in [2.05, 4.69) is 9.97 Å². The molecule has 1 heterocycles. The summed E-state index contributed by atoms with van der Waals surface area (Å²) in [7, 11) is 5.05. The Kier molecular flexibility index (Phi) is 4.77. The maximum absolute atomic E-state index is 11.2. The Morgan fingerprint density at radius 1 is 1.27 bits per heavy atom. The molecule has 2 aromatic rings. The molecule has 0 aliphatic heterocycles. The molecule has 0 atom stereocenters. The predicted octanol–water partition coefficient (Wildman–Crippen LogP) is 1.23. The van der Waals surface area contributed by atoms with Crippen LogP contribution in [0.15, 0.2) is 30.6 Å². The molecule has 0 spiro atoms. The second kappa shape index (κ2) is 6.75. The van der Waals surface area contributed by atoms with Gasteiger partial charge in [0.05, 0.1) is 26.6 Å². The van der Waals surface area contributed by atoms with Crippen molar-refractivity contribution in [1.29, 1.82) is 0 Å². The Labute approximate surface area is 128 Å². The van der Waals surface area contributed by atoms with Gasteiger partial charge >= 0.3 is 0 Å². The molecule has 116 valence electrons. The topological polar surface area (TPSA) is 90.6 Å². The normalized spacial score (nSPS) is 10.1. The largest absolute Gasteiger partial charge is 0.497 e. The highest BCUT2D eigenvalue weighted by molar-refractivity contribution is 5.90. The lowest BCUT2D eigenvalue weighted by Crippen LogP contribution is -2.21. The minimum absolute atomic E-state index is 0.131. The Hall–Kier alpha value is -2.83. The van der Waals surface area contributed by atoms with Gasteiger partial charge in [0.1, 0.15) is 23.0 Å². The summed E-state index contributed by atoms with van der Waals surface area (Å²) in [4.78, 5) is 21.2. The van der Waals surface area contributed by atoms with Gasteiger partial charge in [-0.3, -0.25) is 9.78 Å². The fourth-order valence-electron chi connectivity index (χ4n) is 1.98. The number of benzene rings is 1. The number of primary amides is 1. The first-order valence-corrected chi connectivity index (χ1v) is 6.59. The number of amides is 1.